The molecule has 0 fully saturated rings. The van der Waals surface area contributed by atoms with Crippen LogP contribution in [0.3, 0.4) is 0 Å². The molecule has 0 atom stereocenters. The van der Waals surface area contributed by atoms with E-state index in [0.717, 1.165) is 6.42 Å². The van der Waals surface area contributed by atoms with Crippen LogP contribution in [0.25, 0.3) is 11.3 Å². The first kappa shape index (κ1) is 15.8. The van der Waals surface area contributed by atoms with Crippen molar-refractivity contribution in [3.63, 3.8) is 0 Å². The number of carbonyl (C=O) groups is 1. The summed E-state index contributed by atoms with van der Waals surface area (Å²) in [7, 11) is 1.56. The molecule has 0 unspecified atom stereocenters. The minimum atomic E-state index is -0.639. The molecule has 0 radical (unpaired) electrons. The van der Waals surface area contributed by atoms with Gasteiger partial charge in [0.05, 0.1) is 13.7 Å². The lowest BCUT2D eigenvalue weighted by molar-refractivity contribution is 0.0996. The molecule has 1 aromatic carbocycles. The van der Waals surface area contributed by atoms with Crippen molar-refractivity contribution in [1.82, 2.24) is 15.4 Å². The number of nitrogens with one attached hydrogen (secondary N) is 1. The van der Waals surface area contributed by atoms with Crippen molar-refractivity contribution >= 4 is 5.91 Å². The monoisotopic (exact) mass is 304 g/mol. The quantitative estimate of drug-likeness (QED) is 0.814. The number of benzene rings is 1. The van der Waals surface area contributed by atoms with Crippen LogP contribution in [-0.2, 0) is 0 Å². The summed E-state index contributed by atoms with van der Waals surface area (Å²) in [5.41, 5.74) is 6.43. The van der Waals surface area contributed by atoms with E-state index in [0.29, 0.717) is 35.3 Å². The molecule has 0 aliphatic carbocycles. The summed E-state index contributed by atoms with van der Waals surface area (Å²) in [6, 6.07) is 5.32. The number of methoxy groups -OCH3 is 1. The molecule has 2 rings (SSSR count). The van der Waals surface area contributed by atoms with Gasteiger partial charge in [-0.25, -0.2) is 0 Å². The second kappa shape index (κ2) is 6.93. The molecule has 1 aromatic heterocycles. The Kier molecular flexibility index (Phi) is 4.98. The maximum absolute atomic E-state index is 11.3. The van der Waals surface area contributed by atoms with Crippen LogP contribution in [0.4, 0.5) is 0 Å². The van der Waals surface area contributed by atoms with Gasteiger partial charge in [0, 0.05) is 5.56 Å². The van der Waals surface area contributed by atoms with Crippen LogP contribution >= 0.6 is 0 Å². The number of aromatic amines is 1. The van der Waals surface area contributed by atoms with E-state index in [1.165, 1.54) is 0 Å². The van der Waals surface area contributed by atoms with E-state index in [1.807, 2.05) is 0 Å². The maximum atomic E-state index is 11.3. The van der Waals surface area contributed by atoms with Gasteiger partial charge < -0.3 is 15.2 Å². The third-order valence-electron chi connectivity index (χ3n) is 3.17. The zero-order chi connectivity index (χ0) is 16.1. The Bertz CT molecular complexity index is 652. The molecule has 0 bridgehead atoms. The number of hydrogen-bond donors (Lipinski definition) is 2. The number of primary amides is 1. The molecule has 2 aromatic rings. The van der Waals surface area contributed by atoms with Crippen LogP contribution in [0, 0.1) is 5.92 Å². The molecule has 0 aliphatic heterocycles. The lowest BCUT2D eigenvalue weighted by atomic mass is 10.1. The van der Waals surface area contributed by atoms with Crippen LogP contribution in [-0.4, -0.2) is 35.0 Å². The van der Waals surface area contributed by atoms with Gasteiger partial charge in [0.1, 0.15) is 5.69 Å². The molecule has 1 heterocycles. The fourth-order valence-corrected chi connectivity index (χ4v) is 1.94. The predicted octanol–water partition coefficient (Wildman–Crippen LogP) is 2.00. The Balaban J connectivity index is 2.25. The summed E-state index contributed by atoms with van der Waals surface area (Å²) >= 11 is 0. The number of ether oxygens (including phenoxy) is 2. The summed E-state index contributed by atoms with van der Waals surface area (Å²) in [6.07, 6.45) is 0.958. The third-order valence-corrected chi connectivity index (χ3v) is 3.17. The number of aromatic nitrogens is 3. The van der Waals surface area contributed by atoms with Crippen LogP contribution in [0.15, 0.2) is 18.2 Å². The largest absolute Gasteiger partial charge is 0.493 e. The molecule has 0 aliphatic rings. The predicted molar refractivity (Wildman–Crippen MR) is 81.8 cm³/mol. The van der Waals surface area contributed by atoms with Crippen LogP contribution in [0.1, 0.15) is 30.8 Å². The minimum Gasteiger partial charge on any atom is -0.493 e. The second-order valence-corrected chi connectivity index (χ2v) is 5.28. The number of H-pyrrole nitrogens is 1. The molecule has 0 saturated carbocycles. The van der Waals surface area contributed by atoms with Crippen LogP contribution < -0.4 is 15.2 Å². The van der Waals surface area contributed by atoms with Gasteiger partial charge in [0.15, 0.2) is 17.2 Å². The van der Waals surface area contributed by atoms with Crippen molar-refractivity contribution in [3.8, 4) is 22.8 Å². The summed E-state index contributed by atoms with van der Waals surface area (Å²) in [5.74, 6) is 1.15. The topological polar surface area (TPSA) is 103 Å². The SMILES string of the molecule is COc1cc(-c2n[nH]nc2C(N)=O)ccc1OCCC(C)C. The minimum absolute atomic E-state index is 0.0931. The molecule has 7 nitrogen and oxygen atoms in total. The van der Waals surface area contributed by atoms with Crippen molar-refractivity contribution in [3.05, 3.63) is 23.9 Å². The average Bonchev–Trinajstić information content (AvgIpc) is 2.96. The summed E-state index contributed by atoms with van der Waals surface area (Å²) in [4.78, 5) is 11.3. The number of nitrogens with two attached hydrogens (primary N) is 1. The molecule has 22 heavy (non-hydrogen) atoms. The maximum Gasteiger partial charge on any atom is 0.271 e. The molecule has 0 saturated heterocycles. The first-order valence-electron chi connectivity index (χ1n) is 7.04. The number of carbonyl (C=O) groups excluding carboxylic acids is 1. The number of rotatable bonds is 7. The highest BCUT2D eigenvalue weighted by Gasteiger charge is 2.17. The van der Waals surface area contributed by atoms with E-state index >= 15 is 0 Å². The van der Waals surface area contributed by atoms with Crippen molar-refractivity contribution in [2.45, 2.75) is 20.3 Å². The third kappa shape index (κ3) is 3.55. The van der Waals surface area contributed by atoms with Crippen molar-refractivity contribution < 1.29 is 14.3 Å². The van der Waals surface area contributed by atoms with Gasteiger partial charge >= 0.3 is 0 Å². The lowest BCUT2D eigenvalue weighted by Crippen LogP contribution is -2.12. The molecular weight excluding hydrogens is 284 g/mol. The Morgan fingerprint density at radius 3 is 2.73 bits per heavy atom. The van der Waals surface area contributed by atoms with Crippen molar-refractivity contribution in [2.24, 2.45) is 11.7 Å². The van der Waals surface area contributed by atoms with Gasteiger partial charge in [0.2, 0.25) is 0 Å². The highest BCUT2D eigenvalue weighted by Crippen LogP contribution is 2.32. The summed E-state index contributed by atoms with van der Waals surface area (Å²) < 4.78 is 11.1. The van der Waals surface area contributed by atoms with Gasteiger partial charge in [-0.15, -0.1) is 0 Å². The molecule has 1 amide bonds. The molecule has 7 heteroatoms. The van der Waals surface area contributed by atoms with Gasteiger partial charge in [-0.3, -0.25) is 4.79 Å². The van der Waals surface area contributed by atoms with E-state index in [4.69, 9.17) is 15.2 Å². The van der Waals surface area contributed by atoms with E-state index < -0.39 is 5.91 Å². The fourth-order valence-electron chi connectivity index (χ4n) is 1.94. The van der Waals surface area contributed by atoms with E-state index in [1.54, 1.807) is 25.3 Å². The Morgan fingerprint density at radius 2 is 2.09 bits per heavy atom. The highest BCUT2D eigenvalue weighted by molar-refractivity contribution is 5.96. The van der Waals surface area contributed by atoms with Gasteiger partial charge in [-0.2, -0.15) is 15.4 Å². The summed E-state index contributed by atoms with van der Waals surface area (Å²) in [5, 5.41) is 10.1. The van der Waals surface area contributed by atoms with E-state index in [9.17, 15) is 4.79 Å². The Morgan fingerprint density at radius 1 is 1.32 bits per heavy atom. The average molecular weight is 304 g/mol. The van der Waals surface area contributed by atoms with Gasteiger partial charge in [-0.1, -0.05) is 13.8 Å². The molecule has 3 N–H and O–H groups in total. The number of nitrogens with zero attached hydrogens (tertiary/aromatic N) is 2. The van der Waals surface area contributed by atoms with Gasteiger partial charge in [0.25, 0.3) is 5.91 Å². The zero-order valence-electron chi connectivity index (χ0n) is 12.9. The fraction of sp³-hybridized carbons (Fsp3) is 0.400. The summed E-state index contributed by atoms with van der Waals surface area (Å²) in [6.45, 7) is 4.89. The standard InChI is InChI=1S/C15H20N4O3/c1-9(2)6-7-22-11-5-4-10(8-12(11)21-3)13-14(15(16)20)18-19-17-13/h4-5,8-9H,6-7H2,1-3H3,(H2,16,20)(H,17,18,19). The molecular formula is C15H20N4O3. The van der Waals surface area contributed by atoms with E-state index in [2.05, 4.69) is 29.3 Å². The normalized spacial score (nSPS) is 10.7. The van der Waals surface area contributed by atoms with Crippen molar-refractivity contribution in [1.29, 1.82) is 0 Å². The van der Waals surface area contributed by atoms with Crippen LogP contribution in [0.2, 0.25) is 0 Å². The first-order valence-corrected chi connectivity index (χ1v) is 7.04. The number of hydrogen-bond acceptors (Lipinski definition) is 5. The smallest absolute Gasteiger partial charge is 0.271 e. The zero-order valence-corrected chi connectivity index (χ0v) is 12.9. The Hall–Kier alpha value is -2.57. The molecule has 0 spiro atoms. The van der Waals surface area contributed by atoms with Gasteiger partial charge in [-0.05, 0) is 30.5 Å². The van der Waals surface area contributed by atoms with Crippen LogP contribution in [0.5, 0.6) is 11.5 Å². The second-order valence-electron chi connectivity index (χ2n) is 5.28. The van der Waals surface area contributed by atoms with Crippen molar-refractivity contribution in [2.75, 3.05) is 13.7 Å². The first-order chi connectivity index (χ1) is 10.5. The number of amides is 1. The highest BCUT2D eigenvalue weighted by atomic mass is 16.5. The lowest BCUT2D eigenvalue weighted by Gasteiger charge is -2.12. The Labute approximate surface area is 128 Å². The van der Waals surface area contributed by atoms with E-state index in [-0.39, 0.29) is 5.69 Å². The molecule has 118 valence electrons.